The van der Waals surface area contributed by atoms with Gasteiger partial charge in [0.2, 0.25) is 0 Å². The number of phenols is 1. The summed E-state index contributed by atoms with van der Waals surface area (Å²) in [5.41, 5.74) is 5.91. The van der Waals surface area contributed by atoms with Crippen LogP contribution in [0.4, 0.5) is 11.4 Å². The van der Waals surface area contributed by atoms with Crippen LogP contribution in [0, 0.1) is 0 Å². The van der Waals surface area contributed by atoms with Gasteiger partial charge in [-0.2, -0.15) is 0 Å². The van der Waals surface area contributed by atoms with Crippen molar-refractivity contribution in [3.05, 3.63) is 150 Å². The van der Waals surface area contributed by atoms with Crippen molar-refractivity contribution in [3.8, 4) is 17.2 Å². The minimum atomic E-state index is -0.212. The standard InChI is InChI=1S/C44H43N5O4.2ClH/c1-45-21-23-46(24-22-45)29-35-25-31-13-9-10-14-32(31)28-47(35)43(51)37-26-41(50)42(53-2)27-40(37)48-30-38(36-19-11-12-20-39(36)48)44(52)49(33-15-5-3-6-16-33)34-17-7-4-8-18-34;;/h3-20,26-27,30,35,50H,21-25,28-29H2,1-2H3;2*1H/t35-;;/m0../s1. The van der Waals surface area contributed by atoms with E-state index in [2.05, 4.69) is 35.0 Å². The normalized spacial score (nSPS) is 15.7. The highest BCUT2D eigenvalue weighted by molar-refractivity contribution is 6.17. The maximum atomic E-state index is 15.1. The van der Waals surface area contributed by atoms with Crippen LogP contribution in [-0.2, 0) is 13.0 Å². The number of anilines is 2. The third kappa shape index (κ3) is 7.79. The molecule has 1 N–H and O–H groups in total. The van der Waals surface area contributed by atoms with Gasteiger partial charge in [-0.25, -0.2) is 0 Å². The number of amides is 2. The Morgan fingerprint density at radius 1 is 0.764 bits per heavy atom. The summed E-state index contributed by atoms with van der Waals surface area (Å²) in [6.45, 7) is 5.08. The van der Waals surface area contributed by atoms with E-state index in [-0.39, 0.29) is 54.2 Å². The van der Waals surface area contributed by atoms with E-state index in [1.807, 2.05) is 107 Å². The summed E-state index contributed by atoms with van der Waals surface area (Å²) in [4.78, 5) is 38.3. The summed E-state index contributed by atoms with van der Waals surface area (Å²) < 4.78 is 7.50. The van der Waals surface area contributed by atoms with Crippen LogP contribution in [0.15, 0.2) is 128 Å². The molecule has 0 aliphatic carbocycles. The molecule has 0 spiro atoms. The van der Waals surface area contributed by atoms with Crippen LogP contribution < -0.4 is 9.64 Å². The summed E-state index contributed by atoms with van der Waals surface area (Å²) in [6.07, 6.45) is 2.55. The topological polar surface area (TPSA) is 81.5 Å². The number of nitrogens with zero attached hydrogens (tertiary/aromatic N) is 5. The zero-order valence-electron chi connectivity index (χ0n) is 30.9. The highest BCUT2D eigenvalue weighted by Crippen LogP contribution is 2.38. The average Bonchev–Trinajstić information content (AvgIpc) is 3.59. The highest BCUT2D eigenvalue weighted by Gasteiger charge is 2.34. The Bertz CT molecular complexity index is 2240. The number of halogens is 2. The molecule has 1 saturated heterocycles. The van der Waals surface area contributed by atoms with Gasteiger partial charge in [0.15, 0.2) is 11.5 Å². The fourth-order valence-electron chi connectivity index (χ4n) is 7.77. The Balaban J connectivity index is 0.00000257. The highest BCUT2D eigenvalue weighted by atomic mass is 35.5. The summed E-state index contributed by atoms with van der Waals surface area (Å²) in [5.74, 6) is -0.293. The van der Waals surface area contributed by atoms with Crippen molar-refractivity contribution >= 4 is 58.9 Å². The summed E-state index contributed by atoms with van der Waals surface area (Å²) >= 11 is 0. The van der Waals surface area contributed by atoms with Gasteiger partial charge in [0.05, 0.1) is 29.4 Å². The molecule has 1 aromatic heterocycles. The maximum absolute atomic E-state index is 15.1. The number of rotatable bonds is 8. The Labute approximate surface area is 334 Å². The van der Waals surface area contributed by atoms with Crippen molar-refractivity contribution in [2.75, 3.05) is 51.8 Å². The number of carbonyl (C=O) groups is 2. The zero-order chi connectivity index (χ0) is 36.5. The Morgan fingerprint density at radius 2 is 1.36 bits per heavy atom. The first-order valence-electron chi connectivity index (χ1n) is 18.1. The van der Waals surface area contributed by atoms with Crippen LogP contribution in [0.5, 0.6) is 11.5 Å². The lowest BCUT2D eigenvalue weighted by atomic mass is 9.92. The van der Waals surface area contributed by atoms with Crippen LogP contribution in [0.2, 0.25) is 0 Å². The van der Waals surface area contributed by atoms with Crippen LogP contribution >= 0.6 is 24.8 Å². The van der Waals surface area contributed by atoms with E-state index in [1.165, 1.54) is 18.7 Å². The molecule has 2 aliphatic heterocycles. The van der Waals surface area contributed by atoms with Crippen molar-refractivity contribution in [2.45, 2.75) is 19.0 Å². The number of likely N-dealkylation sites (N-methyl/N-ethyl adjacent to an activating group) is 1. The third-order valence-corrected chi connectivity index (χ3v) is 10.6. The molecule has 0 unspecified atom stereocenters. The van der Waals surface area contributed by atoms with Crippen molar-refractivity contribution in [2.24, 2.45) is 0 Å². The smallest absolute Gasteiger partial charge is 0.265 e. The number of benzene rings is 5. The van der Waals surface area contributed by atoms with E-state index < -0.39 is 0 Å². The van der Waals surface area contributed by atoms with Crippen molar-refractivity contribution in [3.63, 3.8) is 0 Å². The van der Waals surface area contributed by atoms with Gasteiger partial charge in [0.1, 0.15) is 0 Å². The molecule has 0 radical (unpaired) electrons. The van der Waals surface area contributed by atoms with Gasteiger partial charge in [-0.3, -0.25) is 19.4 Å². The van der Waals surface area contributed by atoms with Crippen LogP contribution in [0.3, 0.4) is 0 Å². The molecule has 2 aliphatic rings. The number of para-hydroxylation sites is 3. The number of ether oxygens (including phenoxy) is 1. The van der Waals surface area contributed by atoms with E-state index in [1.54, 1.807) is 11.0 Å². The number of hydrogen-bond donors (Lipinski definition) is 1. The molecule has 9 nitrogen and oxygen atoms in total. The zero-order valence-corrected chi connectivity index (χ0v) is 32.5. The Kier molecular flexibility index (Phi) is 12.2. The van der Waals surface area contributed by atoms with E-state index in [9.17, 15) is 9.90 Å². The fraction of sp³-hybridized carbons (Fsp3) is 0.227. The molecule has 1 fully saturated rings. The van der Waals surface area contributed by atoms with Crippen molar-refractivity contribution < 1.29 is 19.4 Å². The molecule has 0 bridgehead atoms. The quantitative estimate of drug-likeness (QED) is 0.169. The molecule has 8 rings (SSSR count). The van der Waals surface area contributed by atoms with Gasteiger partial charge in [-0.05, 0) is 61.0 Å². The van der Waals surface area contributed by atoms with E-state index in [4.69, 9.17) is 4.74 Å². The lowest BCUT2D eigenvalue weighted by Crippen LogP contribution is -2.53. The molecule has 11 heteroatoms. The van der Waals surface area contributed by atoms with Gasteiger partial charge in [-0.1, -0.05) is 78.9 Å². The number of methoxy groups -OCH3 is 1. The number of piperazine rings is 1. The second-order valence-electron chi connectivity index (χ2n) is 13.9. The van der Waals surface area contributed by atoms with Crippen molar-refractivity contribution in [1.82, 2.24) is 19.3 Å². The maximum Gasteiger partial charge on any atom is 0.265 e. The monoisotopic (exact) mass is 777 g/mol. The molecule has 0 saturated carbocycles. The van der Waals surface area contributed by atoms with E-state index >= 15 is 4.79 Å². The van der Waals surface area contributed by atoms with E-state index in [0.29, 0.717) is 23.4 Å². The van der Waals surface area contributed by atoms with E-state index in [0.717, 1.165) is 67.0 Å². The van der Waals surface area contributed by atoms with Gasteiger partial charge < -0.3 is 24.2 Å². The Hall–Kier alpha value is -5.32. The lowest BCUT2D eigenvalue weighted by molar-refractivity contribution is 0.0535. The predicted octanol–water partition coefficient (Wildman–Crippen LogP) is 7.98. The largest absolute Gasteiger partial charge is 0.504 e. The first kappa shape index (κ1) is 39.4. The lowest BCUT2D eigenvalue weighted by Gasteiger charge is -2.41. The van der Waals surface area contributed by atoms with Gasteiger partial charge >= 0.3 is 0 Å². The second-order valence-corrected chi connectivity index (χ2v) is 13.9. The summed E-state index contributed by atoms with van der Waals surface area (Å²) in [6, 6.07) is 38.4. The van der Waals surface area contributed by atoms with Gasteiger partial charge in [0.25, 0.3) is 11.8 Å². The first-order valence-corrected chi connectivity index (χ1v) is 18.1. The number of fused-ring (bicyclic) bond motifs is 2. The number of phenolic OH excluding ortho intramolecular Hbond substituents is 1. The number of aromatic hydroxyl groups is 1. The second kappa shape index (κ2) is 17.0. The molecule has 3 heterocycles. The minimum Gasteiger partial charge on any atom is -0.504 e. The molecule has 5 aromatic carbocycles. The van der Waals surface area contributed by atoms with Gasteiger partial charge in [-0.15, -0.1) is 24.8 Å². The predicted molar refractivity (Wildman–Crippen MR) is 223 cm³/mol. The summed E-state index contributed by atoms with van der Waals surface area (Å²) in [5, 5.41) is 11.9. The van der Waals surface area contributed by atoms with Gasteiger partial charge in [0, 0.05) is 74.3 Å². The molecule has 55 heavy (non-hydrogen) atoms. The molecule has 2 amide bonds. The van der Waals surface area contributed by atoms with Crippen LogP contribution in [-0.4, -0.2) is 89.1 Å². The third-order valence-electron chi connectivity index (χ3n) is 10.6. The number of aromatic nitrogens is 1. The van der Waals surface area contributed by atoms with Crippen LogP contribution in [0.25, 0.3) is 16.6 Å². The molecule has 284 valence electrons. The Morgan fingerprint density at radius 3 is 2.02 bits per heavy atom. The molecular formula is C44H45Cl2N5O4. The SMILES string of the molecule is COc1cc(-n2cc(C(=O)N(c3ccccc3)c3ccccc3)c3ccccc32)c(C(=O)N2Cc3ccccc3C[C@H]2CN2CCN(C)CC2)cc1O.Cl.Cl. The number of carbonyl (C=O) groups excluding carboxylic acids is 2. The number of hydrogen-bond acceptors (Lipinski definition) is 6. The molecule has 6 aromatic rings. The minimum absolute atomic E-state index is 0. The molecule has 1 atom stereocenters. The van der Waals surface area contributed by atoms with Crippen LogP contribution in [0.1, 0.15) is 31.8 Å². The fourth-order valence-corrected chi connectivity index (χ4v) is 7.77. The first-order chi connectivity index (χ1) is 25.9. The average molecular weight is 779 g/mol. The summed E-state index contributed by atoms with van der Waals surface area (Å²) in [7, 11) is 3.64. The van der Waals surface area contributed by atoms with Crippen molar-refractivity contribution in [1.29, 1.82) is 0 Å². The molecular weight excluding hydrogens is 733 g/mol.